The first kappa shape index (κ1) is 14.0. The molecule has 0 radical (unpaired) electrons. The van der Waals surface area contributed by atoms with E-state index in [1.165, 1.54) is 0 Å². The monoisotopic (exact) mass is 257 g/mol. The Kier molecular flexibility index (Phi) is 4.57. The lowest BCUT2D eigenvalue weighted by Crippen LogP contribution is -2.43. The Morgan fingerprint density at radius 2 is 2.06 bits per heavy atom. The Hall–Kier alpha value is -1.03. The summed E-state index contributed by atoms with van der Waals surface area (Å²) >= 11 is 5.95. The molecule has 96 valence electrons. The molecule has 4 nitrogen and oxygen atoms in total. The van der Waals surface area contributed by atoms with Crippen LogP contribution in [0, 0.1) is 6.92 Å². The molecule has 1 aromatic rings. The summed E-state index contributed by atoms with van der Waals surface area (Å²) in [5.74, 6) is 1.75. The first-order valence-electron chi connectivity index (χ1n) is 5.69. The molecule has 1 rings (SSSR count). The van der Waals surface area contributed by atoms with Gasteiger partial charge in [-0.25, -0.2) is 4.98 Å². The van der Waals surface area contributed by atoms with E-state index in [0.717, 1.165) is 5.69 Å². The van der Waals surface area contributed by atoms with E-state index in [4.69, 9.17) is 16.3 Å². The fourth-order valence-electron chi connectivity index (χ4n) is 1.26. The van der Waals surface area contributed by atoms with Crippen molar-refractivity contribution in [2.24, 2.45) is 0 Å². The largest absolute Gasteiger partial charge is 0.478 e. The van der Waals surface area contributed by atoms with Gasteiger partial charge < -0.3 is 9.64 Å². The summed E-state index contributed by atoms with van der Waals surface area (Å²) in [5.41, 5.74) is 0.689. The maximum absolute atomic E-state index is 5.95. The van der Waals surface area contributed by atoms with Crippen LogP contribution in [0.4, 0.5) is 5.95 Å². The number of ether oxygens (including phenoxy) is 1. The van der Waals surface area contributed by atoms with Crippen LogP contribution in [-0.2, 0) is 0 Å². The minimum atomic E-state index is -0.196. The van der Waals surface area contributed by atoms with Crippen molar-refractivity contribution >= 4 is 17.5 Å². The maximum atomic E-state index is 5.95. The molecule has 1 heterocycles. The molecular formula is C12H20ClN3O. The van der Waals surface area contributed by atoms with Crippen molar-refractivity contribution in [1.82, 2.24) is 9.97 Å². The Labute approximate surface area is 108 Å². The highest BCUT2D eigenvalue weighted by Crippen LogP contribution is 2.22. The number of halogens is 1. The van der Waals surface area contributed by atoms with Crippen molar-refractivity contribution in [2.45, 2.75) is 33.2 Å². The summed E-state index contributed by atoms with van der Waals surface area (Å²) in [5, 5.41) is 0. The molecule has 0 spiro atoms. The normalized spacial score (nSPS) is 11.4. The van der Waals surface area contributed by atoms with Crippen molar-refractivity contribution < 1.29 is 4.74 Å². The first-order chi connectivity index (χ1) is 7.90. The fraction of sp³-hybridized carbons (Fsp3) is 0.667. The van der Waals surface area contributed by atoms with Gasteiger partial charge in [0.25, 0.3) is 0 Å². The molecule has 5 heteroatoms. The number of rotatable bonds is 5. The van der Waals surface area contributed by atoms with Crippen LogP contribution in [0.5, 0.6) is 5.88 Å². The average molecular weight is 258 g/mol. The van der Waals surface area contributed by atoms with Gasteiger partial charge in [0.2, 0.25) is 11.8 Å². The third-order valence-electron chi connectivity index (χ3n) is 2.65. The van der Waals surface area contributed by atoms with Crippen LogP contribution in [-0.4, -0.2) is 35.0 Å². The van der Waals surface area contributed by atoms with Crippen molar-refractivity contribution in [1.29, 1.82) is 0 Å². The second-order valence-electron chi connectivity index (χ2n) is 4.59. The van der Waals surface area contributed by atoms with Crippen LogP contribution in [0.3, 0.4) is 0 Å². The Morgan fingerprint density at radius 1 is 1.41 bits per heavy atom. The summed E-state index contributed by atoms with van der Waals surface area (Å²) < 4.78 is 5.41. The number of hydrogen-bond acceptors (Lipinski definition) is 4. The molecule has 0 atom stereocenters. The minimum absolute atomic E-state index is 0.196. The number of alkyl halides is 1. The van der Waals surface area contributed by atoms with Gasteiger partial charge in [0.05, 0.1) is 12.1 Å². The molecule has 0 amide bonds. The summed E-state index contributed by atoms with van der Waals surface area (Å²) in [7, 11) is 1.94. The molecule has 0 aliphatic heterocycles. The van der Waals surface area contributed by atoms with Crippen molar-refractivity contribution in [3.05, 3.63) is 11.8 Å². The third kappa shape index (κ3) is 3.46. The molecule has 0 aromatic carbocycles. The number of aromatic nitrogens is 2. The van der Waals surface area contributed by atoms with E-state index < -0.39 is 0 Å². The van der Waals surface area contributed by atoms with E-state index >= 15 is 0 Å². The van der Waals surface area contributed by atoms with Crippen LogP contribution in [0.15, 0.2) is 6.07 Å². The molecule has 0 unspecified atom stereocenters. The highest BCUT2D eigenvalue weighted by molar-refractivity contribution is 6.18. The predicted molar refractivity (Wildman–Crippen MR) is 71.1 cm³/mol. The number of aryl methyl sites for hydroxylation is 1. The quantitative estimate of drug-likeness (QED) is 0.760. The maximum Gasteiger partial charge on any atom is 0.229 e. The molecule has 0 saturated carbocycles. The second-order valence-corrected chi connectivity index (χ2v) is 4.85. The molecule has 0 aliphatic rings. The van der Waals surface area contributed by atoms with Crippen LogP contribution >= 0.6 is 11.6 Å². The van der Waals surface area contributed by atoms with E-state index in [2.05, 4.69) is 9.97 Å². The van der Waals surface area contributed by atoms with E-state index in [0.29, 0.717) is 24.3 Å². The van der Waals surface area contributed by atoms with Crippen LogP contribution in [0.1, 0.15) is 26.5 Å². The molecule has 0 fully saturated rings. The lowest BCUT2D eigenvalue weighted by Gasteiger charge is -2.34. The first-order valence-corrected chi connectivity index (χ1v) is 6.22. The van der Waals surface area contributed by atoms with Gasteiger partial charge in [-0.05, 0) is 27.7 Å². The van der Waals surface area contributed by atoms with Crippen molar-refractivity contribution in [3.63, 3.8) is 0 Å². The highest BCUT2D eigenvalue weighted by Gasteiger charge is 2.25. The van der Waals surface area contributed by atoms with E-state index in [1.807, 2.05) is 45.7 Å². The summed E-state index contributed by atoms with van der Waals surface area (Å²) in [6.07, 6.45) is 0. The fourth-order valence-corrected chi connectivity index (χ4v) is 1.44. The predicted octanol–water partition coefficient (Wildman–Crippen LogP) is 2.64. The lowest BCUT2D eigenvalue weighted by molar-refractivity contribution is 0.325. The lowest BCUT2D eigenvalue weighted by atomic mass is 10.1. The van der Waals surface area contributed by atoms with Gasteiger partial charge in [-0.2, -0.15) is 4.98 Å². The smallest absolute Gasteiger partial charge is 0.229 e. The molecule has 17 heavy (non-hydrogen) atoms. The summed E-state index contributed by atoms with van der Waals surface area (Å²) in [6, 6.07) is 1.83. The van der Waals surface area contributed by atoms with E-state index in [-0.39, 0.29) is 5.54 Å². The molecule has 1 aromatic heterocycles. The van der Waals surface area contributed by atoms with Gasteiger partial charge in [0.1, 0.15) is 0 Å². The zero-order valence-electron chi connectivity index (χ0n) is 11.1. The zero-order valence-corrected chi connectivity index (χ0v) is 11.9. The van der Waals surface area contributed by atoms with Gasteiger partial charge >= 0.3 is 0 Å². The Balaban J connectivity index is 3.05. The summed E-state index contributed by atoms with van der Waals surface area (Å²) in [6.45, 7) is 8.55. The van der Waals surface area contributed by atoms with E-state index in [1.54, 1.807) is 0 Å². The molecule has 0 bridgehead atoms. The summed E-state index contributed by atoms with van der Waals surface area (Å²) in [4.78, 5) is 10.7. The van der Waals surface area contributed by atoms with Gasteiger partial charge in [-0.1, -0.05) is 0 Å². The molecular weight excluding hydrogens is 238 g/mol. The molecule has 0 aliphatic carbocycles. The SMILES string of the molecule is CCOc1cc(C)nc(N(C)C(C)(C)CCl)n1. The Morgan fingerprint density at radius 3 is 2.59 bits per heavy atom. The minimum Gasteiger partial charge on any atom is -0.478 e. The average Bonchev–Trinajstić information content (AvgIpc) is 2.27. The topological polar surface area (TPSA) is 38.2 Å². The van der Waals surface area contributed by atoms with Crippen LogP contribution < -0.4 is 9.64 Å². The van der Waals surface area contributed by atoms with E-state index in [9.17, 15) is 0 Å². The highest BCUT2D eigenvalue weighted by atomic mass is 35.5. The van der Waals surface area contributed by atoms with Gasteiger partial charge in [0, 0.05) is 24.7 Å². The van der Waals surface area contributed by atoms with Gasteiger partial charge in [-0.15, -0.1) is 11.6 Å². The molecule has 0 N–H and O–H groups in total. The second kappa shape index (κ2) is 5.54. The van der Waals surface area contributed by atoms with Crippen LogP contribution in [0.25, 0.3) is 0 Å². The number of anilines is 1. The zero-order chi connectivity index (χ0) is 13.1. The third-order valence-corrected chi connectivity index (χ3v) is 3.30. The van der Waals surface area contributed by atoms with Gasteiger partial charge in [-0.3, -0.25) is 0 Å². The van der Waals surface area contributed by atoms with Crippen molar-refractivity contribution in [2.75, 3.05) is 24.4 Å². The Bertz CT molecular complexity index is 382. The number of hydrogen-bond donors (Lipinski definition) is 0. The van der Waals surface area contributed by atoms with Crippen molar-refractivity contribution in [3.8, 4) is 5.88 Å². The standard InChI is InChI=1S/C12H20ClN3O/c1-6-17-10-7-9(2)14-11(15-10)16(5)12(3,4)8-13/h7H,6,8H2,1-5H3. The van der Waals surface area contributed by atoms with Gasteiger partial charge in [0.15, 0.2) is 0 Å². The number of nitrogens with zero attached hydrogens (tertiary/aromatic N) is 3. The molecule has 0 saturated heterocycles. The van der Waals surface area contributed by atoms with Crippen LogP contribution in [0.2, 0.25) is 0 Å².